The number of thioether (sulfide) groups is 2. The highest BCUT2D eigenvalue weighted by atomic mass is 32.2. The van der Waals surface area contributed by atoms with Crippen LogP contribution in [0, 0.1) is 22.7 Å². The number of benzene rings is 5. The third-order valence-electron chi connectivity index (χ3n) is 8.66. The maximum Gasteiger partial charge on any atom is 0.340 e. The van der Waals surface area contributed by atoms with Crippen molar-refractivity contribution in [1.82, 2.24) is 0 Å². The molecule has 9 rings (SSSR count). The number of allylic oxidation sites excluding steroid dienone is 2. The molecule has 0 amide bonds. The quantitative estimate of drug-likeness (QED) is 0.144. The fourth-order valence-electron chi connectivity index (χ4n) is 6.54. The standard InChI is InChI=1S/C38H20N4O3S2/c39-19-24(35-41-29-9-3-5-11-33(29)46-35)21-13-15-27-31(17-21)44-32-18-22(25(20-40)36-42-30-10-4-6-12-34(30)47-36)14-16-28(32)38(27)26-8-2-1-7-23(26)37(43)45-38/h1-18,41-42H/b35-24-,36-25-. The Morgan fingerprint density at radius 1 is 0.638 bits per heavy atom. The van der Waals surface area contributed by atoms with Crippen molar-refractivity contribution in [3.05, 3.63) is 153 Å². The van der Waals surface area contributed by atoms with Gasteiger partial charge in [-0.15, -0.1) is 0 Å². The van der Waals surface area contributed by atoms with E-state index in [2.05, 4.69) is 22.8 Å². The van der Waals surface area contributed by atoms with Crippen molar-refractivity contribution in [3.63, 3.8) is 0 Å². The number of nitriles is 2. The number of anilines is 2. The molecule has 0 atom stereocenters. The second kappa shape index (κ2) is 10.3. The average Bonchev–Trinajstić information content (AvgIpc) is 3.80. The Hall–Kier alpha value is -5.87. The zero-order valence-corrected chi connectivity index (χ0v) is 26.0. The largest absolute Gasteiger partial charge is 0.456 e. The van der Waals surface area contributed by atoms with Crippen LogP contribution in [0.15, 0.2) is 129 Å². The molecule has 5 aromatic carbocycles. The van der Waals surface area contributed by atoms with Crippen molar-refractivity contribution in [2.75, 3.05) is 10.6 Å². The van der Waals surface area contributed by atoms with Crippen molar-refractivity contribution in [2.45, 2.75) is 15.4 Å². The highest BCUT2D eigenvalue weighted by Gasteiger charge is 2.53. The SMILES string of the molecule is N#C/C(=C1\Nc2ccccc2S1)c1ccc2c(c1)Oc1cc(/C(C#N)=C3/Nc4ccccc4S3)ccc1C21OC(=O)c2ccccc21. The highest BCUT2D eigenvalue weighted by Crippen LogP contribution is 2.57. The topological polar surface area (TPSA) is 107 Å². The number of para-hydroxylation sites is 2. The van der Waals surface area contributed by atoms with Crippen LogP contribution in [-0.2, 0) is 10.3 Å². The van der Waals surface area contributed by atoms with Crippen LogP contribution in [0.1, 0.15) is 38.2 Å². The van der Waals surface area contributed by atoms with E-state index in [-0.39, 0.29) is 0 Å². The predicted molar refractivity (Wildman–Crippen MR) is 182 cm³/mol. The van der Waals surface area contributed by atoms with Gasteiger partial charge in [0.15, 0.2) is 5.60 Å². The van der Waals surface area contributed by atoms with Crippen molar-refractivity contribution < 1.29 is 14.3 Å². The van der Waals surface area contributed by atoms with E-state index in [1.54, 1.807) is 6.07 Å². The van der Waals surface area contributed by atoms with Crippen molar-refractivity contribution >= 4 is 52.0 Å². The molecule has 222 valence electrons. The van der Waals surface area contributed by atoms with Gasteiger partial charge in [0.05, 0.1) is 38.1 Å². The summed E-state index contributed by atoms with van der Waals surface area (Å²) in [5.74, 6) is 0.482. The first-order valence-corrected chi connectivity index (χ1v) is 16.4. The first-order chi connectivity index (χ1) is 23.1. The highest BCUT2D eigenvalue weighted by molar-refractivity contribution is 8.04. The van der Waals surface area contributed by atoms with E-state index in [0.29, 0.717) is 56.0 Å². The van der Waals surface area contributed by atoms with Gasteiger partial charge < -0.3 is 20.1 Å². The fraction of sp³-hybridized carbons (Fsp3) is 0.0263. The van der Waals surface area contributed by atoms with Gasteiger partial charge in [0.25, 0.3) is 0 Å². The Morgan fingerprint density at radius 2 is 1.15 bits per heavy atom. The number of nitrogens with one attached hydrogen (secondary N) is 2. The Bertz CT molecular complexity index is 2200. The molecule has 0 radical (unpaired) electrons. The first-order valence-electron chi connectivity index (χ1n) is 14.7. The van der Waals surface area contributed by atoms with E-state index >= 15 is 0 Å². The summed E-state index contributed by atoms with van der Waals surface area (Å²) in [7, 11) is 0. The lowest BCUT2D eigenvalue weighted by molar-refractivity contribution is 0.0224. The summed E-state index contributed by atoms with van der Waals surface area (Å²) in [6, 6.07) is 39.1. The van der Waals surface area contributed by atoms with Crippen LogP contribution >= 0.6 is 23.5 Å². The molecule has 0 aliphatic carbocycles. The zero-order chi connectivity index (χ0) is 31.7. The van der Waals surface area contributed by atoms with E-state index < -0.39 is 11.6 Å². The van der Waals surface area contributed by atoms with Crippen LogP contribution in [0.3, 0.4) is 0 Å². The molecule has 0 bridgehead atoms. The van der Waals surface area contributed by atoms with Gasteiger partial charge in [0.2, 0.25) is 0 Å². The van der Waals surface area contributed by atoms with Gasteiger partial charge in [-0.25, -0.2) is 4.79 Å². The molecule has 0 saturated heterocycles. The maximum atomic E-state index is 13.4. The zero-order valence-electron chi connectivity index (χ0n) is 24.3. The van der Waals surface area contributed by atoms with Gasteiger partial charge in [-0.2, -0.15) is 10.5 Å². The van der Waals surface area contributed by atoms with E-state index in [1.165, 1.54) is 23.5 Å². The van der Waals surface area contributed by atoms with Crippen LogP contribution in [0.4, 0.5) is 11.4 Å². The second-order valence-electron chi connectivity index (χ2n) is 11.2. The molecule has 2 N–H and O–H groups in total. The third kappa shape index (κ3) is 4.04. The Kier molecular flexibility index (Phi) is 6.03. The van der Waals surface area contributed by atoms with Crippen LogP contribution in [0.2, 0.25) is 0 Å². The van der Waals surface area contributed by atoms with Gasteiger partial charge in [-0.1, -0.05) is 78.1 Å². The number of ether oxygens (including phenoxy) is 2. The minimum atomic E-state index is -1.28. The number of esters is 1. The van der Waals surface area contributed by atoms with Gasteiger partial charge in [0, 0.05) is 26.5 Å². The lowest BCUT2D eigenvalue weighted by atomic mass is 9.77. The molecule has 0 aromatic heterocycles. The minimum absolute atomic E-state index is 0.430. The molecule has 47 heavy (non-hydrogen) atoms. The van der Waals surface area contributed by atoms with E-state index in [4.69, 9.17) is 9.47 Å². The third-order valence-corrected chi connectivity index (χ3v) is 10.8. The lowest BCUT2D eigenvalue weighted by Crippen LogP contribution is -2.33. The number of carbonyl (C=O) groups excluding carboxylic acids is 1. The monoisotopic (exact) mass is 644 g/mol. The number of hydrogen-bond donors (Lipinski definition) is 2. The minimum Gasteiger partial charge on any atom is -0.456 e. The molecule has 1 spiro atoms. The molecule has 0 unspecified atom stereocenters. The normalized spacial score (nSPS) is 19.7. The number of carbonyl (C=O) groups is 1. The molecule has 7 nitrogen and oxygen atoms in total. The molecule has 0 fully saturated rings. The summed E-state index contributed by atoms with van der Waals surface area (Å²) >= 11 is 3.01. The van der Waals surface area contributed by atoms with Crippen molar-refractivity contribution in [3.8, 4) is 23.6 Å². The molecular weight excluding hydrogens is 625 g/mol. The van der Waals surface area contributed by atoms with Crippen molar-refractivity contribution in [2.24, 2.45) is 0 Å². The summed E-state index contributed by atoms with van der Waals surface area (Å²) in [6.45, 7) is 0. The fourth-order valence-corrected chi connectivity index (χ4v) is 8.58. The Morgan fingerprint density at radius 3 is 1.68 bits per heavy atom. The number of rotatable bonds is 2. The van der Waals surface area contributed by atoms with Gasteiger partial charge in [-0.3, -0.25) is 0 Å². The predicted octanol–water partition coefficient (Wildman–Crippen LogP) is 9.07. The summed E-state index contributed by atoms with van der Waals surface area (Å²) in [5.41, 5.74) is 5.37. The number of hydrogen-bond acceptors (Lipinski definition) is 9. The van der Waals surface area contributed by atoms with Crippen molar-refractivity contribution in [1.29, 1.82) is 10.5 Å². The Labute approximate surface area is 278 Å². The number of nitrogens with zero attached hydrogens (tertiary/aromatic N) is 2. The van der Waals surface area contributed by atoms with Crippen LogP contribution in [0.5, 0.6) is 11.5 Å². The van der Waals surface area contributed by atoms with Gasteiger partial charge in [0.1, 0.15) is 23.6 Å². The van der Waals surface area contributed by atoms with E-state index in [0.717, 1.165) is 31.2 Å². The molecule has 0 saturated carbocycles. The molecular formula is C38H20N4O3S2. The first kappa shape index (κ1) is 27.4. The van der Waals surface area contributed by atoms with E-state index in [1.807, 2.05) is 103 Å². The van der Waals surface area contributed by atoms with Gasteiger partial charge >= 0.3 is 5.97 Å². The number of fused-ring (bicyclic) bond motifs is 8. The summed E-state index contributed by atoms with van der Waals surface area (Å²) in [4.78, 5) is 15.5. The van der Waals surface area contributed by atoms with Crippen LogP contribution in [0.25, 0.3) is 11.1 Å². The smallest absolute Gasteiger partial charge is 0.340 e. The average molecular weight is 645 g/mol. The summed E-state index contributed by atoms with van der Waals surface area (Å²) in [6.07, 6.45) is 0. The lowest BCUT2D eigenvalue weighted by Gasteiger charge is -2.37. The molecule has 4 aliphatic heterocycles. The van der Waals surface area contributed by atoms with Crippen LogP contribution in [-0.4, -0.2) is 5.97 Å². The Balaban J connectivity index is 1.21. The summed E-state index contributed by atoms with van der Waals surface area (Å²) in [5, 5.41) is 28.9. The van der Waals surface area contributed by atoms with Crippen LogP contribution < -0.4 is 15.4 Å². The maximum absolute atomic E-state index is 13.4. The molecule has 9 heteroatoms. The van der Waals surface area contributed by atoms with E-state index in [9.17, 15) is 15.3 Å². The summed E-state index contributed by atoms with van der Waals surface area (Å²) < 4.78 is 13.0. The second-order valence-corrected chi connectivity index (χ2v) is 13.3. The van der Waals surface area contributed by atoms with Gasteiger partial charge in [-0.05, 0) is 65.7 Å². The molecule has 4 aliphatic rings. The molecule has 4 heterocycles. The molecule has 5 aromatic rings.